The number of carbonyl (C=O) groups is 1. The van der Waals surface area contributed by atoms with E-state index >= 15 is 0 Å². The van der Waals surface area contributed by atoms with Gasteiger partial charge in [0, 0.05) is 23.8 Å². The molecule has 0 atom stereocenters. The molecule has 1 aromatic rings. The number of phenols is 1. The van der Waals surface area contributed by atoms with Gasteiger partial charge < -0.3 is 9.84 Å². The number of hydrogen-bond donors (Lipinski definition) is 1. The molecule has 1 N–H and O–H groups in total. The molecule has 1 rings (SSSR count). The molecule has 1 aromatic carbocycles. The highest BCUT2D eigenvalue weighted by Gasteiger charge is 2.08. The lowest BCUT2D eigenvalue weighted by Gasteiger charge is -1.98. The lowest BCUT2D eigenvalue weighted by Crippen LogP contribution is -1.93. The predicted molar refractivity (Wildman–Crippen MR) is 55.8 cm³/mol. The Morgan fingerprint density at radius 1 is 1.56 bits per heavy atom. The smallest absolute Gasteiger partial charge is 0.330 e. The molecule has 6 nitrogen and oxygen atoms in total. The molecule has 0 fully saturated rings. The molecule has 0 aliphatic carbocycles. The van der Waals surface area contributed by atoms with Gasteiger partial charge in [-0.05, 0) is 12.1 Å². The third kappa shape index (κ3) is 2.81. The molecule has 0 radical (unpaired) electrons. The van der Waals surface area contributed by atoms with Crippen molar-refractivity contribution in [3.8, 4) is 5.75 Å². The zero-order chi connectivity index (χ0) is 12.1. The van der Waals surface area contributed by atoms with Crippen molar-refractivity contribution in [1.29, 1.82) is 0 Å². The molecule has 0 saturated carbocycles. The molecule has 0 saturated heterocycles. The number of aromatic hydroxyl groups is 1. The van der Waals surface area contributed by atoms with Gasteiger partial charge in [-0.15, -0.1) is 0 Å². The summed E-state index contributed by atoms with van der Waals surface area (Å²) in [5.74, 6) is -0.753. The van der Waals surface area contributed by atoms with E-state index in [1.165, 1.54) is 25.3 Å². The second-order valence-corrected chi connectivity index (χ2v) is 2.86. The number of esters is 1. The van der Waals surface area contributed by atoms with Crippen molar-refractivity contribution in [2.75, 3.05) is 7.11 Å². The number of rotatable bonds is 3. The first-order valence-electron chi connectivity index (χ1n) is 4.28. The molecule has 0 aliphatic rings. The fourth-order valence-corrected chi connectivity index (χ4v) is 1.01. The Morgan fingerprint density at radius 3 is 2.81 bits per heavy atom. The van der Waals surface area contributed by atoms with Gasteiger partial charge in [-0.2, -0.15) is 0 Å². The van der Waals surface area contributed by atoms with E-state index < -0.39 is 10.9 Å². The summed E-state index contributed by atoms with van der Waals surface area (Å²) in [6, 6.07) is 3.52. The van der Waals surface area contributed by atoms with Gasteiger partial charge in [0.1, 0.15) is 5.75 Å². The highest BCUT2D eigenvalue weighted by Crippen LogP contribution is 2.23. The average Bonchev–Trinajstić information content (AvgIpc) is 2.27. The molecule has 84 valence electrons. The first-order valence-corrected chi connectivity index (χ1v) is 4.28. The fraction of sp³-hybridized carbons (Fsp3) is 0.100. The van der Waals surface area contributed by atoms with Crippen LogP contribution in [0.25, 0.3) is 6.08 Å². The monoisotopic (exact) mass is 223 g/mol. The maximum Gasteiger partial charge on any atom is 0.330 e. The minimum atomic E-state index is -0.606. The van der Waals surface area contributed by atoms with E-state index in [1.54, 1.807) is 0 Å². The number of carbonyl (C=O) groups excluding carboxylic acids is 1. The number of nitro groups is 1. The number of non-ortho nitro benzene ring substituents is 1. The van der Waals surface area contributed by atoms with E-state index in [9.17, 15) is 20.0 Å². The number of methoxy groups -OCH3 is 1. The van der Waals surface area contributed by atoms with E-state index in [0.717, 1.165) is 12.1 Å². The number of nitro benzene ring substituents is 1. The van der Waals surface area contributed by atoms with Crippen LogP contribution in [0.15, 0.2) is 24.3 Å². The third-order valence-corrected chi connectivity index (χ3v) is 1.82. The van der Waals surface area contributed by atoms with E-state index in [2.05, 4.69) is 4.74 Å². The van der Waals surface area contributed by atoms with Crippen molar-refractivity contribution < 1.29 is 19.6 Å². The number of nitrogens with zero attached hydrogens (tertiary/aromatic N) is 1. The van der Waals surface area contributed by atoms with Crippen molar-refractivity contribution in [3.63, 3.8) is 0 Å². The van der Waals surface area contributed by atoms with Gasteiger partial charge in [-0.1, -0.05) is 0 Å². The summed E-state index contributed by atoms with van der Waals surface area (Å²) in [7, 11) is 1.21. The van der Waals surface area contributed by atoms with E-state index in [-0.39, 0.29) is 17.0 Å². The SMILES string of the molecule is COC(=O)/C=C/c1cc([N+](=O)[O-])ccc1O. The van der Waals surface area contributed by atoms with Crippen molar-refractivity contribution in [3.05, 3.63) is 40.0 Å². The van der Waals surface area contributed by atoms with Gasteiger partial charge in [0.25, 0.3) is 5.69 Å². The zero-order valence-electron chi connectivity index (χ0n) is 8.41. The van der Waals surface area contributed by atoms with Gasteiger partial charge in [0.15, 0.2) is 0 Å². The second-order valence-electron chi connectivity index (χ2n) is 2.86. The Morgan fingerprint density at radius 2 is 2.25 bits per heavy atom. The summed E-state index contributed by atoms with van der Waals surface area (Å²) < 4.78 is 4.35. The summed E-state index contributed by atoms with van der Waals surface area (Å²) in [5, 5.41) is 19.8. The largest absolute Gasteiger partial charge is 0.507 e. The Balaban J connectivity index is 3.03. The van der Waals surface area contributed by atoms with Crippen molar-refractivity contribution in [1.82, 2.24) is 0 Å². The Labute approximate surface area is 90.9 Å². The molecule has 0 aliphatic heterocycles. The molecule has 0 unspecified atom stereocenters. The molecule has 0 spiro atoms. The Bertz CT molecular complexity index is 453. The first kappa shape index (κ1) is 11.7. The van der Waals surface area contributed by atoms with E-state index in [1.807, 2.05) is 0 Å². The van der Waals surface area contributed by atoms with Crippen LogP contribution in [0.5, 0.6) is 5.75 Å². The standard InChI is InChI=1S/C10H9NO5/c1-16-10(13)5-2-7-6-8(11(14)15)3-4-9(7)12/h2-6,12H,1H3/b5-2+. The summed E-state index contributed by atoms with van der Waals surface area (Å²) in [6.07, 6.45) is 2.31. The summed E-state index contributed by atoms with van der Waals surface area (Å²) in [5.41, 5.74) is 0.0157. The van der Waals surface area contributed by atoms with Crippen LogP contribution in [-0.4, -0.2) is 23.1 Å². The molecular weight excluding hydrogens is 214 g/mol. The quantitative estimate of drug-likeness (QED) is 0.363. The first-order chi connectivity index (χ1) is 7.54. The summed E-state index contributed by atoms with van der Waals surface area (Å²) >= 11 is 0. The average molecular weight is 223 g/mol. The molecule has 0 amide bonds. The highest BCUT2D eigenvalue weighted by atomic mass is 16.6. The minimum absolute atomic E-state index is 0.147. The molecule has 6 heteroatoms. The molecule has 0 heterocycles. The van der Waals surface area contributed by atoms with Gasteiger partial charge in [0.05, 0.1) is 12.0 Å². The highest BCUT2D eigenvalue weighted by molar-refractivity contribution is 5.87. The summed E-state index contributed by atoms with van der Waals surface area (Å²) in [6.45, 7) is 0. The van der Waals surface area contributed by atoms with Crippen LogP contribution in [0.1, 0.15) is 5.56 Å². The maximum absolute atomic E-state index is 10.8. The van der Waals surface area contributed by atoms with Crippen LogP contribution in [0, 0.1) is 10.1 Å². The summed E-state index contributed by atoms with van der Waals surface area (Å²) in [4.78, 5) is 20.7. The minimum Gasteiger partial charge on any atom is -0.507 e. The predicted octanol–water partition coefficient (Wildman–Crippen LogP) is 1.49. The van der Waals surface area contributed by atoms with Crippen LogP contribution in [0.2, 0.25) is 0 Å². The van der Waals surface area contributed by atoms with E-state index in [0.29, 0.717) is 0 Å². The number of benzene rings is 1. The Hall–Kier alpha value is -2.37. The second kappa shape index (κ2) is 4.92. The molecular formula is C10H9NO5. The zero-order valence-corrected chi connectivity index (χ0v) is 8.41. The molecule has 16 heavy (non-hydrogen) atoms. The third-order valence-electron chi connectivity index (χ3n) is 1.82. The van der Waals surface area contributed by atoms with Crippen molar-refractivity contribution in [2.45, 2.75) is 0 Å². The van der Waals surface area contributed by atoms with Gasteiger partial charge in [-0.3, -0.25) is 10.1 Å². The van der Waals surface area contributed by atoms with Crippen LogP contribution < -0.4 is 0 Å². The number of phenolic OH excluding ortho intramolecular Hbond substituents is 1. The molecule has 0 aromatic heterocycles. The number of ether oxygens (including phenoxy) is 1. The van der Waals surface area contributed by atoms with Gasteiger partial charge >= 0.3 is 5.97 Å². The fourth-order valence-electron chi connectivity index (χ4n) is 1.01. The normalized spacial score (nSPS) is 10.3. The van der Waals surface area contributed by atoms with Gasteiger partial charge in [-0.25, -0.2) is 4.79 Å². The van der Waals surface area contributed by atoms with E-state index in [4.69, 9.17) is 0 Å². The Kier molecular flexibility index (Phi) is 3.60. The van der Waals surface area contributed by atoms with Crippen LogP contribution in [-0.2, 0) is 9.53 Å². The topological polar surface area (TPSA) is 89.7 Å². The molecule has 0 bridgehead atoms. The van der Waals surface area contributed by atoms with Crippen LogP contribution >= 0.6 is 0 Å². The van der Waals surface area contributed by atoms with Crippen LogP contribution in [0.4, 0.5) is 5.69 Å². The lowest BCUT2D eigenvalue weighted by molar-refractivity contribution is -0.384. The van der Waals surface area contributed by atoms with Crippen molar-refractivity contribution >= 4 is 17.7 Å². The number of hydrogen-bond acceptors (Lipinski definition) is 5. The van der Waals surface area contributed by atoms with Gasteiger partial charge in [0.2, 0.25) is 0 Å². The van der Waals surface area contributed by atoms with Crippen molar-refractivity contribution in [2.24, 2.45) is 0 Å². The lowest BCUT2D eigenvalue weighted by atomic mass is 10.1. The van der Waals surface area contributed by atoms with Crippen LogP contribution in [0.3, 0.4) is 0 Å². The maximum atomic E-state index is 10.8.